The summed E-state index contributed by atoms with van der Waals surface area (Å²) in [5.74, 6) is 1.40. The van der Waals surface area contributed by atoms with Crippen LogP contribution in [0.2, 0.25) is 0 Å². The summed E-state index contributed by atoms with van der Waals surface area (Å²) in [4.78, 5) is 4.23. The van der Waals surface area contributed by atoms with E-state index in [4.69, 9.17) is 5.26 Å². The van der Waals surface area contributed by atoms with Crippen LogP contribution in [-0.2, 0) is 0 Å². The minimum Gasteiger partial charge on any atom is -0.316 e. The van der Waals surface area contributed by atoms with Crippen LogP contribution < -0.4 is 5.32 Å². The number of nitrogens with one attached hydrogen (secondary N) is 1. The van der Waals surface area contributed by atoms with Gasteiger partial charge in [-0.2, -0.15) is 5.26 Å². The van der Waals surface area contributed by atoms with Crippen LogP contribution in [-0.4, -0.2) is 18.1 Å². The number of aromatic nitrogens is 1. The Morgan fingerprint density at radius 3 is 3.12 bits per heavy atom. The molecular formula is C13H12BrN3. The van der Waals surface area contributed by atoms with Crippen molar-refractivity contribution in [3.63, 3.8) is 0 Å². The normalized spacial score (nSPS) is 26.5. The average molecular weight is 290 g/mol. The maximum Gasteiger partial charge on any atom is 0.123 e. The van der Waals surface area contributed by atoms with Crippen molar-refractivity contribution in [3.8, 4) is 6.07 Å². The zero-order valence-corrected chi connectivity index (χ0v) is 10.9. The van der Waals surface area contributed by atoms with Crippen LogP contribution in [0.4, 0.5) is 0 Å². The number of hydrogen-bond acceptors (Lipinski definition) is 3. The van der Waals surface area contributed by atoms with E-state index in [1.165, 1.54) is 5.57 Å². The molecule has 4 heteroatoms. The minimum atomic E-state index is 0.610. The van der Waals surface area contributed by atoms with Crippen molar-refractivity contribution in [1.82, 2.24) is 10.3 Å². The van der Waals surface area contributed by atoms with Crippen LogP contribution in [0.5, 0.6) is 0 Å². The molecule has 1 saturated heterocycles. The molecule has 1 N–H and O–H groups in total. The van der Waals surface area contributed by atoms with Crippen molar-refractivity contribution in [2.45, 2.75) is 6.42 Å². The largest absolute Gasteiger partial charge is 0.316 e. The topological polar surface area (TPSA) is 48.7 Å². The quantitative estimate of drug-likeness (QED) is 0.808. The van der Waals surface area contributed by atoms with E-state index in [1.807, 2.05) is 12.3 Å². The van der Waals surface area contributed by atoms with E-state index in [-0.39, 0.29) is 0 Å². The highest BCUT2D eigenvalue weighted by Crippen LogP contribution is 2.38. The molecule has 1 aliphatic carbocycles. The highest BCUT2D eigenvalue weighted by Gasteiger charge is 2.31. The number of nitriles is 1. The average Bonchev–Trinajstić information content (AvgIpc) is 2.90. The molecule has 3 rings (SSSR count). The van der Waals surface area contributed by atoms with E-state index in [1.54, 1.807) is 0 Å². The summed E-state index contributed by atoms with van der Waals surface area (Å²) in [7, 11) is 0. The molecule has 0 spiro atoms. The summed E-state index contributed by atoms with van der Waals surface area (Å²) in [6.45, 7) is 2.20. The summed E-state index contributed by atoms with van der Waals surface area (Å²) in [5.41, 5.74) is 3.05. The third-order valence-corrected chi connectivity index (χ3v) is 4.25. The number of halogens is 1. The number of hydrogen-bond donors (Lipinski definition) is 1. The molecule has 0 radical (unpaired) electrons. The maximum atomic E-state index is 9.00. The second-order valence-corrected chi connectivity index (χ2v) is 5.40. The minimum absolute atomic E-state index is 0.610. The Morgan fingerprint density at radius 1 is 1.47 bits per heavy atom. The molecular weight excluding hydrogens is 278 g/mol. The van der Waals surface area contributed by atoms with Crippen molar-refractivity contribution in [2.24, 2.45) is 11.8 Å². The molecule has 2 aliphatic rings. The molecule has 1 aromatic rings. The van der Waals surface area contributed by atoms with Gasteiger partial charge in [-0.05, 0) is 57.9 Å². The Labute approximate surface area is 109 Å². The molecule has 17 heavy (non-hydrogen) atoms. The van der Waals surface area contributed by atoms with Gasteiger partial charge in [-0.3, -0.25) is 0 Å². The van der Waals surface area contributed by atoms with Gasteiger partial charge in [0.05, 0.1) is 5.56 Å². The highest BCUT2D eigenvalue weighted by molar-refractivity contribution is 9.10. The van der Waals surface area contributed by atoms with Crippen molar-refractivity contribution in [3.05, 3.63) is 34.1 Å². The second kappa shape index (κ2) is 4.25. The molecule has 1 aliphatic heterocycles. The van der Waals surface area contributed by atoms with Crippen molar-refractivity contribution < 1.29 is 0 Å². The first kappa shape index (κ1) is 10.9. The van der Waals surface area contributed by atoms with Crippen molar-refractivity contribution >= 4 is 21.5 Å². The van der Waals surface area contributed by atoms with Crippen LogP contribution in [0.25, 0.3) is 5.57 Å². The Morgan fingerprint density at radius 2 is 2.35 bits per heavy atom. The van der Waals surface area contributed by atoms with E-state index in [0.717, 1.165) is 31.0 Å². The molecule has 2 heterocycles. The first-order chi connectivity index (χ1) is 8.28. The molecule has 0 amide bonds. The van der Waals surface area contributed by atoms with Crippen molar-refractivity contribution in [2.75, 3.05) is 13.1 Å². The lowest BCUT2D eigenvalue weighted by atomic mass is 9.98. The zero-order chi connectivity index (χ0) is 11.8. The van der Waals surface area contributed by atoms with Gasteiger partial charge in [-0.25, -0.2) is 4.98 Å². The van der Waals surface area contributed by atoms with Gasteiger partial charge >= 0.3 is 0 Å². The van der Waals surface area contributed by atoms with E-state index in [9.17, 15) is 0 Å². The van der Waals surface area contributed by atoms with Gasteiger partial charge in [0.1, 0.15) is 10.7 Å². The van der Waals surface area contributed by atoms with Gasteiger partial charge in [0, 0.05) is 12.7 Å². The molecule has 1 fully saturated rings. The first-order valence-corrected chi connectivity index (χ1v) is 6.54. The number of nitrogens with zero attached hydrogens (tertiary/aromatic N) is 2. The lowest BCUT2D eigenvalue weighted by molar-refractivity contribution is 0.536. The lowest BCUT2D eigenvalue weighted by Crippen LogP contribution is -2.09. The van der Waals surface area contributed by atoms with Crippen LogP contribution in [0.1, 0.15) is 17.5 Å². The molecule has 86 valence electrons. The van der Waals surface area contributed by atoms with Crippen molar-refractivity contribution in [1.29, 1.82) is 5.26 Å². The summed E-state index contributed by atoms with van der Waals surface area (Å²) in [6.07, 6.45) is 5.30. The van der Waals surface area contributed by atoms with E-state index in [0.29, 0.717) is 16.1 Å². The van der Waals surface area contributed by atoms with E-state index in [2.05, 4.69) is 38.4 Å². The molecule has 2 unspecified atom stereocenters. The van der Waals surface area contributed by atoms with Gasteiger partial charge in [-0.1, -0.05) is 6.08 Å². The Kier molecular flexibility index (Phi) is 2.73. The lowest BCUT2D eigenvalue weighted by Gasteiger charge is -2.07. The molecule has 0 bridgehead atoms. The van der Waals surface area contributed by atoms with E-state index < -0.39 is 0 Å². The van der Waals surface area contributed by atoms with Gasteiger partial charge in [0.15, 0.2) is 0 Å². The van der Waals surface area contributed by atoms with Gasteiger partial charge in [0.2, 0.25) is 0 Å². The first-order valence-electron chi connectivity index (χ1n) is 5.75. The SMILES string of the molecule is N#Cc1cc(C2=CC3CNCC3C2)cnc1Br. The maximum absolute atomic E-state index is 9.00. The summed E-state index contributed by atoms with van der Waals surface area (Å²) < 4.78 is 0.629. The predicted molar refractivity (Wildman–Crippen MR) is 69.1 cm³/mol. The second-order valence-electron chi connectivity index (χ2n) is 4.65. The van der Waals surface area contributed by atoms with Gasteiger partial charge < -0.3 is 5.32 Å². The third kappa shape index (κ3) is 1.90. The number of fused-ring (bicyclic) bond motifs is 1. The fraction of sp³-hybridized carbons (Fsp3) is 0.385. The van der Waals surface area contributed by atoms with Gasteiger partial charge in [0.25, 0.3) is 0 Å². The summed E-state index contributed by atoms with van der Waals surface area (Å²) >= 11 is 3.28. The number of pyridine rings is 1. The Balaban J connectivity index is 1.93. The third-order valence-electron chi connectivity index (χ3n) is 3.62. The predicted octanol–water partition coefficient (Wildman–Crippen LogP) is 2.34. The summed E-state index contributed by atoms with van der Waals surface area (Å²) in [6, 6.07) is 4.09. The van der Waals surface area contributed by atoms with Gasteiger partial charge in [-0.15, -0.1) is 0 Å². The monoisotopic (exact) mass is 289 g/mol. The smallest absolute Gasteiger partial charge is 0.123 e. The molecule has 0 saturated carbocycles. The molecule has 1 aromatic heterocycles. The fourth-order valence-electron chi connectivity index (χ4n) is 2.70. The number of rotatable bonds is 1. The van der Waals surface area contributed by atoms with E-state index >= 15 is 0 Å². The zero-order valence-electron chi connectivity index (χ0n) is 9.28. The molecule has 2 atom stereocenters. The standard InChI is InChI=1S/C13H12BrN3/c14-13-9(4-15)3-12(7-17-13)8-1-10-5-16-6-11(10)2-8/h1,3,7,10-11,16H,2,5-6H2. The fourth-order valence-corrected chi connectivity index (χ4v) is 3.00. The Bertz CT molecular complexity index is 530. The summed E-state index contributed by atoms with van der Waals surface area (Å²) in [5, 5.41) is 12.4. The molecule has 0 aromatic carbocycles. The van der Waals surface area contributed by atoms with Crippen LogP contribution >= 0.6 is 15.9 Å². The number of allylic oxidation sites excluding steroid dienone is 1. The molecule has 3 nitrogen and oxygen atoms in total. The highest BCUT2D eigenvalue weighted by atomic mass is 79.9. The van der Waals surface area contributed by atoms with Crippen LogP contribution in [0.3, 0.4) is 0 Å². The van der Waals surface area contributed by atoms with Crippen LogP contribution in [0, 0.1) is 23.2 Å². The Hall–Kier alpha value is -1.18. The van der Waals surface area contributed by atoms with Crippen LogP contribution in [0.15, 0.2) is 22.9 Å².